The topological polar surface area (TPSA) is 83.8 Å². The van der Waals surface area contributed by atoms with Gasteiger partial charge in [-0.1, -0.05) is 29.8 Å². The predicted octanol–water partition coefficient (Wildman–Crippen LogP) is 3.30. The minimum absolute atomic E-state index is 0.124. The summed E-state index contributed by atoms with van der Waals surface area (Å²) in [4.78, 5) is 19.7. The number of nitrogens with two attached hydrogens (primary N) is 1. The fraction of sp³-hybridized carbons (Fsp3) is 0.158. The van der Waals surface area contributed by atoms with Gasteiger partial charge >= 0.3 is 0 Å². The SMILES string of the molecule is Cc1ccc(Cc2c(C)nc(Nc3ccc(N)cc3)[nH]c2=O)cc1. The fourth-order valence-electron chi connectivity index (χ4n) is 2.49. The first-order valence-electron chi connectivity index (χ1n) is 7.79. The zero-order chi connectivity index (χ0) is 17.1. The van der Waals surface area contributed by atoms with E-state index in [0.29, 0.717) is 23.6 Å². The minimum Gasteiger partial charge on any atom is -0.399 e. The van der Waals surface area contributed by atoms with Gasteiger partial charge in [-0.05, 0) is 43.7 Å². The molecule has 0 saturated heterocycles. The van der Waals surface area contributed by atoms with Gasteiger partial charge in [0.25, 0.3) is 5.56 Å². The maximum absolute atomic E-state index is 12.4. The largest absolute Gasteiger partial charge is 0.399 e. The van der Waals surface area contributed by atoms with Crippen LogP contribution in [0.1, 0.15) is 22.4 Å². The molecule has 0 fully saturated rings. The molecule has 0 atom stereocenters. The van der Waals surface area contributed by atoms with Crippen LogP contribution in [0.25, 0.3) is 0 Å². The molecule has 3 rings (SSSR count). The molecule has 0 amide bonds. The van der Waals surface area contributed by atoms with Crippen molar-refractivity contribution in [2.24, 2.45) is 0 Å². The van der Waals surface area contributed by atoms with Gasteiger partial charge in [0, 0.05) is 23.4 Å². The number of benzene rings is 2. The summed E-state index contributed by atoms with van der Waals surface area (Å²) in [5.41, 5.74) is 10.7. The average molecular weight is 320 g/mol. The molecule has 0 unspecified atom stereocenters. The predicted molar refractivity (Wildman–Crippen MR) is 97.7 cm³/mol. The standard InChI is InChI=1S/C19H20N4O/c1-12-3-5-14(6-4-12)11-17-13(2)21-19(23-18(17)24)22-16-9-7-15(20)8-10-16/h3-10H,11,20H2,1-2H3,(H2,21,22,23,24). The molecule has 0 aliphatic heterocycles. The van der Waals surface area contributed by atoms with E-state index in [0.717, 1.165) is 16.9 Å². The van der Waals surface area contributed by atoms with Gasteiger partial charge in [0.05, 0.1) is 5.69 Å². The van der Waals surface area contributed by atoms with E-state index in [4.69, 9.17) is 5.73 Å². The van der Waals surface area contributed by atoms with Crippen molar-refractivity contribution in [1.82, 2.24) is 9.97 Å². The molecule has 0 radical (unpaired) electrons. The van der Waals surface area contributed by atoms with Crippen molar-refractivity contribution in [3.63, 3.8) is 0 Å². The molecule has 1 aromatic heterocycles. The maximum atomic E-state index is 12.4. The van der Waals surface area contributed by atoms with E-state index < -0.39 is 0 Å². The highest BCUT2D eigenvalue weighted by Gasteiger charge is 2.09. The van der Waals surface area contributed by atoms with Crippen molar-refractivity contribution in [1.29, 1.82) is 0 Å². The van der Waals surface area contributed by atoms with Crippen LogP contribution in [0.2, 0.25) is 0 Å². The Bertz CT molecular complexity index is 896. The number of anilines is 3. The van der Waals surface area contributed by atoms with Crippen molar-refractivity contribution in [2.45, 2.75) is 20.3 Å². The monoisotopic (exact) mass is 320 g/mol. The molecule has 4 N–H and O–H groups in total. The lowest BCUT2D eigenvalue weighted by atomic mass is 10.0. The molecule has 5 nitrogen and oxygen atoms in total. The van der Waals surface area contributed by atoms with Gasteiger partial charge in [-0.2, -0.15) is 0 Å². The Morgan fingerprint density at radius 2 is 1.71 bits per heavy atom. The third-order valence-electron chi connectivity index (χ3n) is 3.90. The Morgan fingerprint density at radius 1 is 1.04 bits per heavy atom. The van der Waals surface area contributed by atoms with Crippen LogP contribution in [0, 0.1) is 13.8 Å². The zero-order valence-electron chi connectivity index (χ0n) is 13.8. The summed E-state index contributed by atoms with van der Waals surface area (Å²) in [5.74, 6) is 0.426. The average Bonchev–Trinajstić information content (AvgIpc) is 2.55. The van der Waals surface area contributed by atoms with E-state index in [2.05, 4.69) is 15.3 Å². The first kappa shape index (κ1) is 15.8. The number of aromatic nitrogens is 2. The summed E-state index contributed by atoms with van der Waals surface area (Å²) in [6.07, 6.45) is 0.566. The van der Waals surface area contributed by atoms with Gasteiger partial charge in [-0.3, -0.25) is 9.78 Å². The van der Waals surface area contributed by atoms with Gasteiger partial charge in [-0.25, -0.2) is 4.98 Å². The van der Waals surface area contributed by atoms with Gasteiger partial charge in [0.1, 0.15) is 0 Å². The summed E-state index contributed by atoms with van der Waals surface area (Å²) < 4.78 is 0. The Labute approximate surface area is 140 Å². The molecule has 0 saturated carbocycles. The highest BCUT2D eigenvalue weighted by molar-refractivity contribution is 5.57. The Kier molecular flexibility index (Phi) is 4.33. The van der Waals surface area contributed by atoms with Crippen LogP contribution in [-0.4, -0.2) is 9.97 Å². The summed E-state index contributed by atoms with van der Waals surface area (Å²) in [6, 6.07) is 15.4. The lowest BCUT2D eigenvalue weighted by molar-refractivity contribution is 0.985. The van der Waals surface area contributed by atoms with E-state index in [1.54, 1.807) is 12.1 Å². The minimum atomic E-state index is -0.124. The van der Waals surface area contributed by atoms with E-state index in [9.17, 15) is 4.79 Å². The Balaban J connectivity index is 1.84. The molecule has 0 aliphatic carbocycles. The molecule has 24 heavy (non-hydrogen) atoms. The van der Waals surface area contributed by atoms with E-state index in [1.165, 1.54) is 5.56 Å². The van der Waals surface area contributed by atoms with Gasteiger partial charge in [0.2, 0.25) is 5.95 Å². The lowest BCUT2D eigenvalue weighted by Gasteiger charge is -2.09. The smallest absolute Gasteiger partial charge is 0.256 e. The van der Waals surface area contributed by atoms with Gasteiger partial charge in [0.15, 0.2) is 0 Å². The molecule has 2 aromatic carbocycles. The highest BCUT2D eigenvalue weighted by Crippen LogP contribution is 2.16. The van der Waals surface area contributed by atoms with Crippen LogP contribution in [0.3, 0.4) is 0 Å². The number of hydrogen-bond donors (Lipinski definition) is 3. The number of hydrogen-bond acceptors (Lipinski definition) is 4. The number of aryl methyl sites for hydroxylation is 2. The number of nitrogens with one attached hydrogen (secondary N) is 2. The summed E-state index contributed by atoms with van der Waals surface area (Å²) in [5, 5.41) is 3.09. The van der Waals surface area contributed by atoms with Crippen LogP contribution >= 0.6 is 0 Å². The first-order chi connectivity index (χ1) is 11.5. The van der Waals surface area contributed by atoms with E-state index in [-0.39, 0.29) is 5.56 Å². The summed E-state index contributed by atoms with van der Waals surface area (Å²) >= 11 is 0. The maximum Gasteiger partial charge on any atom is 0.256 e. The Hall–Kier alpha value is -3.08. The number of H-pyrrole nitrogens is 1. The van der Waals surface area contributed by atoms with Crippen LogP contribution in [0.15, 0.2) is 53.3 Å². The molecule has 122 valence electrons. The first-order valence-corrected chi connectivity index (χ1v) is 7.79. The molecule has 0 bridgehead atoms. The lowest BCUT2D eigenvalue weighted by Crippen LogP contribution is -2.18. The number of aromatic amines is 1. The van der Waals surface area contributed by atoms with Crippen LogP contribution in [-0.2, 0) is 6.42 Å². The van der Waals surface area contributed by atoms with Crippen molar-refractivity contribution < 1.29 is 0 Å². The van der Waals surface area contributed by atoms with Crippen molar-refractivity contribution in [3.05, 3.63) is 81.3 Å². The second-order valence-electron chi connectivity index (χ2n) is 5.89. The molecule has 3 aromatic rings. The van der Waals surface area contributed by atoms with E-state index >= 15 is 0 Å². The van der Waals surface area contributed by atoms with Gasteiger partial charge < -0.3 is 11.1 Å². The second kappa shape index (κ2) is 6.58. The van der Waals surface area contributed by atoms with Crippen molar-refractivity contribution in [3.8, 4) is 0 Å². The van der Waals surface area contributed by atoms with Crippen molar-refractivity contribution in [2.75, 3.05) is 11.1 Å². The van der Waals surface area contributed by atoms with Crippen molar-refractivity contribution >= 4 is 17.3 Å². The number of nitrogens with zero attached hydrogens (tertiary/aromatic N) is 1. The summed E-state index contributed by atoms with van der Waals surface area (Å²) in [6.45, 7) is 3.90. The van der Waals surface area contributed by atoms with Gasteiger partial charge in [-0.15, -0.1) is 0 Å². The molecule has 1 heterocycles. The summed E-state index contributed by atoms with van der Waals surface area (Å²) in [7, 11) is 0. The molecular weight excluding hydrogens is 300 g/mol. The third-order valence-corrected chi connectivity index (χ3v) is 3.90. The molecule has 5 heteroatoms. The van der Waals surface area contributed by atoms with Crippen LogP contribution < -0.4 is 16.6 Å². The van der Waals surface area contributed by atoms with E-state index in [1.807, 2.05) is 50.2 Å². The quantitative estimate of drug-likeness (QED) is 0.644. The highest BCUT2D eigenvalue weighted by atomic mass is 16.1. The van der Waals surface area contributed by atoms with Crippen LogP contribution in [0.4, 0.5) is 17.3 Å². The number of rotatable bonds is 4. The molecular formula is C19H20N4O. The third kappa shape index (κ3) is 3.63. The fourth-order valence-corrected chi connectivity index (χ4v) is 2.49. The molecule has 0 aliphatic rings. The second-order valence-corrected chi connectivity index (χ2v) is 5.89. The number of nitrogen functional groups attached to an aromatic ring is 1. The normalized spacial score (nSPS) is 10.6. The molecule has 0 spiro atoms. The zero-order valence-corrected chi connectivity index (χ0v) is 13.8. The Morgan fingerprint density at radius 3 is 2.33 bits per heavy atom. The van der Waals surface area contributed by atoms with Crippen LogP contribution in [0.5, 0.6) is 0 Å².